The molecule has 0 N–H and O–H groups in total. The second-order valence-electron chi connectivity index (χ2n) is 8.38. The molecule has 0 aliphatic heterocycles. The summed E-state index contributed by atoms with van der Waals surface area (Å²) in [6, 6.07) is 14.2. The zero-order chi connectivity index (χ0) is 25.6. The Morgan fingerprint density at radius 3 is 2.60 bits per heavy atom. The van der Waals surface area contributed by atoms with Crippen LogP contribution in [-0.4, -0.2) is 36.8 Å². The monoisotopic (exact) mass is 514 g/mol. The molecule has 0 unspecified atom stereocenters. The number of nitrogens with zero attached hydrogens (tertiary/aromatic N) is 2. The number of hydrogen-bond acceptors (Lipinski definition) is 5. The molecule has 0 spiro atoms. The summed E-state index contributed by atoms with van der Waals surface area (Å²) >= 11 is 6.26. The summed E-state index contributed by atoms with van der Waals surface area (Å²) in [4.78, 5) is 16.2. The maximum atomic E-state index is 13.9. The predicted octanol–water partition coefficient (Wildman–Crippen LogP) is 6.11. The number of pyridine rings is 1. The first-order valence-corrected chi connectivity index (χ1v) is 13.4. The van der Waals surface area contributed by atoms with Gasteiger partial charge in [-0.2, -0.15) is 4.31 Å². The molecule has 0 aliphatic rings. The van der Waals surface area contributed by atoms with Crippen LogP contribution in [0.25, 0.3) is 11.1 Å². The maximum Gasteiger partial charge on any atom is 0.305 e. The van der Waals surface area contributed by atoms with Gasteiger partial charge in [-0.15, -0.1) is 0 Å². The molecular weight excluding hydrogens is 484 g/mol. The summed E-state index contributed by atoms with van der Waals surface area (Å²) in [5.74, 6) is -0.341. The predicted molar refractivity (Wildman–Crippen MR) is 139 cm³/mol. The molecule has 2 aromatic carbocycles. The summed E-state index contributed by atoms with van der Waals surface area (Å²) in [7, 11) is -3.91. The summed E-state index contributed by atoms with van der Waals surface area (Å²) in [6.07, 6.45) is 4.02. The van der Waals surface area contributed by atoms with Gasteiger partial charge in [0, 0.05) is 36.4 Å². The number of benzene rings is 2. The van der Waals surface area contributed by atoms with E-state index in [1.165, 1.54) is 4.31 Å². The topological polar surface area (TPSA) is 76.6 Å². The summed E-state index contributed by atoms with van der Waals surface area (Å²) in [5, 5.41) is 0.389. The van der Waals surface area contributed by atoms with Crippen molar-refractivity contribution < 1.29 is 17.9 Å². The summed E-state index contributed by atoms with van der Waals surface area (Å²) < 4.78 is 34.2. The highest BCUT2D eigenvalue weighted by molar-refractivity contribution is 7.89. The Kier molecular flexibility index (Phi) is 9.05. The number of carbonyl (C=O) groups is 1. The number of aromatic nitrogens is 1. The van der Waals surface area contributed by atoms with Gasteiger partial charge in [0.1, 0.15) is 0 Å². The Hall–Kier alpha value is -2.74. The fraction of sp³-hybridized carbons (Fsp3) is 0.333. The number of esters is 1. The van der Waals surface area contributed by atoms with E-state index in [9.17, 15) is 13.2 Å². The molecule has 0 saturated heterocycles. The van der Waals surface area contributed by atoms with Gasteiger partial charge < -0.3 is 4.74 Å². The van der Waals surface area contributed by atoms with E-state index in [1.54, 1.807) is 44.4 Å². The van der Waals surface area contributed by atoms with E-state index in [4.69, 9.17) is 16.3 Å². The van der Waals surface area contributed by atoms with Crippen LogP contribution in [-0.2, 0) is 19.6 Å². The Morgan fingerprint density at radius 1 is 1.14 bits per heavy atom. The maximum absolute atomic E-state index is 13.9. The Balaban J connectivity index is 2.00. The standard InChI is InChI=1S/C27H31ClN2O4S/c1-5-34-27(31)13-8-16-30(35(32,33)26-12-7-11-25(28)20(26)3)21(4)22-9-6-10-23(17-22)24-14-15-29-18-19(24)2/h6-7,9-12,14-15,17-18,21H,5,8,13,16H2,1-4H3/t21-/m0/s1. The van der Waals surface area contributed by atoms with Gasteiger partial charge in [-0.3, -0.25) is 9.78 Å². The molecule has 1 heterocycles. The summed E-state index contributed by atoms with van der Waals surface area (Å²) in [5.41, 5.74) is 4.40. The lowest BCUT2D eigenvalue weighted by molar-refractivity contribution is -0.143. The zero-order valence-electron chi connectivity index (χ0n) is 20.5. The van der Waals surface area contributed by atoms with Crippen molar-refractivity contribution in [3.63, 3.8) is 0 Å². The highest BCUT2D eigenvalue weighted by Crippen LogP contribution is 2.33. The van der Waals surface area contributed by atoms with E-state index in [0.29, 0.717) is 23.6 Å². The SMILES string of the molecule is CCOC(=O)CCCN([C@@H](C)c1cccc(-c2ccncc2C)c1)S(=O)(=O)c1cccc(Cl)c1C. The van der Waals surface area contributed by atoms with Crippen molar-refractivity contribution in [2.24, 2.45) is 0 Å². The van der Waals surface area contributed by atoms with Crippen molar-refractivity contribution in [2.45, 2.75) is 51.5 Å². The number of sulfonamides is 1. The Labute approximate surface area is 213 Å². The van der Waals surface area contributed by atoms with Crippen LogP contribution in [0.5, 0.6) is 0 Å². The van der Waals surface area contributed by atoms with Crippen LogP contribution in [0.2, 0.25) is 5.02 Å². The van der Waals surface area contributed by atoms with E-state index in [2.05, 4.69) is 4.98 Å². The van der Waals surface area contributed by atoms with Gasteiger partial charge in [0.25, 0.3) is 0 Å². The van der Waals surface area contributed by atoms with Crippen LogP contribution in [0.15, 0.2) is 65.8 Å². The minimum atomic E-state index is -3.91. The van der Waals surface area contributed by atoms with Gasteiger partial charge in [-0.1, -0.05) is 35.9 Å². The first-order chi connectivity index (χ1) is 16.7. The first kappa shape index (κ1) is 26.9. The third kappa shape index (κ3) is 6.28. The molecule has 1 aromatic heterocycles. The number of aryl methyl sites for hydroxylation is 1. The van der Waals surface area contributed by atoms with Crippen molar-refractivity contribution in [2.75, 3.05) is 13.2 Å². The van der Waals surface area contributed by atoms with Crippen molar-refractivity contribution in [1.82, 2.24) is 9.29 Å². The van der Waals surface area contributed by atoms with Crippen molar-refractivity contribution in [1.29, 1.82) is 0 Å². The van der Waals surface area contributed by atoms with Gasteiger partial charge in [0.2, 0.25) is 10.0 Å². The van der Waals surface area contributed by atoms with Crippen LogP contribution in [0, 0.1) is 13.8 Å². The third-order valence-electron chi connectivity index (χ3n) is 6.00. The quantitative estimate of drug-likeness (QED) is 0.305. The minimum Gasteiger partial charge on any atom is -0.466 e. The molecule has 0 aliphatic carbocycles. The minimum absolute atomic E-state index is 0.136. The molecule has 1 atom stereocenters. The number of carbonyl (C=O) groups excluding carboxylic acids is 1. The molecule has 0 bridgehead atoms. The molecule has 3 aromatic rings. The van der Waals surface area contributed by atoms with Crippen molar-refractivity contribution >= 4 is 27.6 Å². The largest absolute Gasteiger partial charge is 0.466 e. The average Bonchev–Trinajstić information content (AvgIpc) is 2.83. The second kappa shape index (κ2) is 11.8. The second-order valence-corrected chi connectivity index (χ2v) is 10.6. The zero-order valence-corrected chi connectivity index (χ0v) is 22.1. The normalized spacial score (nSPS) is 12.5. The van der Waals surface area contributed by atoms with Crippen LogP contribution in [0.4, 0.5) is 0 Å². The van der Waals surface area contributed by atoms with Gasteiger partial charge in [0.15, 0.2) is 0 Å². The molecule has 35 heavy (non-hydrogen) atoms. The highest BCUT2D eigenvalue weighted by atomic mass is 35.5. The lowest BCUT2D eigenvalue weighted by atomic mass is 9.98. The number of halogens is 1. The van der Waals surface area contributed by atoms with Gasteiger partial charge in [0.05, 0.1) is 11.5 Å². The lowest BCUT2D eigenvalue weighted by Gasteiger charge is -2.30. The van der Waals surface area contributed by atoms with Gasteiger partial charge in [-0.25, -0.2) is 8.42 Å². The molecule has 6 nitrogen and oxygen atoms in total. The molecule has 0 radical (unpaired) electrons. The fourth-order valence-electron chi connectivity index (χ4n) is 4.06. The Bertz CT molecular complexity index is 1290. The van der Waals surface area contributed by atoms with Crippen LogP contribution in [0.3, 0.4) is 0 Å². The third-order valence-corrected chi connectivity index (χ3v) is 8.53. The Morgan fingerprint density at radius 2 is 1.89 bits per heavy atom. The van der Waals surface area contributed by atoms with Gasteiger partial charge in [-0.05, 0) is 86.2 Å². The van der Waals surface area contributed by atoms with Crippen molar-refractivity contribution in [3.05, 3.63) is 82.6 Å². The smallest absolute Gasteiger partial charge is 0.305 e. The molecule has 3 rings (SSSR count). The molecule has 0 saturated carbocycles. The van der Waals surface area contributed by atoms with E-state index in [1.807, 2.05) is 44.2 Å². The van der Waals surface area contributed by atoms with E-state index in [0.717, 1.165) is 22.3 Å². The molecular formula is C27H31ClN2O4S. The molecule has 0 amide bonds. The molecule has 186 valence electrons. The molecule has 8 heteroatoms. The number of hydrogen-bond donors (Lipinski definition) is 0. The van der Waals surface area contributed by atoms with Crippen LogP contribution < -0.4 is 0 Å². The van der Waals surface area contributed by atoms with Crippen LogP contribution >= 0.6 is 11.6 Å². The average molecular weight is 515 g/mol. The van der Waals surface area contributed by atoms with E-state index in [-0.39, 0.29) is 23.8 Å². The van der Waals surface area contributed by atoms with Gasteiger partial charge >= 0.3 is 5.97 Å². The van der Waals surface area contributed by atoms with E-state index < -0.39 is 16.1 Å². The fourth-order valence-corrected chi connectivity index (χ4v) is 6.20. The number of rotatable bonds is 10. The molecule has 0 fully saturated rings. The van der Waals surface area contributed by atoms with E-state index >= 15 is 0 Å². The first-order valence-electron chi connectivity index (χ1n) is 11.6. The van der Waals surface area contributed by atoms with Crippen molar-refractivity contribution in [3.8, 4) is 11.1 Å². The highest BCUT2D eigenvalue weighted by Gasteiger charge is 2.31. The van der Waals surface area contributed by atoms with Crippen LogP contribution in [0.1, 0.15) is 49.4 Å². The summed E-state index contributed by atoms with van der Waals surface area (Å²) in [6.45, 7) is 7.75. The lowest BCUT2D eigenvalue weighted by Crippen LogP contribution is -2.35. The number of ether oxygens (including phenoxy) is 1.